The Morgan fingerprint density at radius 3 is 2.17 bits per heavy atom. The maximum atomic E-state index is 12.2. The van der Waals surface area contributed by atoms with Crippen molar-refractivity contribution in [1.82, 2.24) is 4.90 Å². The molecule has 1 heterocycles. The molecule has 1 saturated carbocycles. The fraction of sp³-hybridized carbons (Fsp3) is 0.857. The minimum absolute atomic E-state index is 0.0291. The molecule has 0 spiro atoms. The molecule has 18 heavy (non-hydrogen) atoms. The second-order valence-electron chi connectivity index (χ2n) is 6.52. The van der Waals surface area contributed by atoms with E-state index in [1.165, 1.54) is 17.7 Å². The monoisotopic (exact) mass is 252 g/mol. The van der Waals surface area contributed by atoms with E-state index in [-0.39, 0.29) is 23.3 Å². The molecule has 0 bridgehead atoms. The summed E-state index contributed by atoms with van der Waals surface area (Å²) in [4.78, 5) is 25.9. The average molecular weight is 252 g/mol. The molecule has 0 aromatic rings. The summed E-state index contributed by atoms with van der Waals surface area (Å²) in [5.74, 6) is 0.362. The van der Waals surface area contributed by atoms with Gasteiger partial charge in [0.05, 0.1) is 6.04 Å². The van der Waals surface area contributed by atoms with Crippen LogP contribution in [0.2, 0.25) is 0 Å². The van der Waals surface area contributed by atoms with E-state index in [1.54, 1.807) is 0 Å². The van der Waals surface area contributed by atoms with Crippen molar-refractivity contribution < 1.29 is 9.59 Å². The molecule has 1 unspecified atom stereocenters. The Morgan fingerprint density at radius 2 is 1.72 bits per heavy atom. The number of piperidine rings is 1. The molecule has 0 aromatic heterocycles. The van der Waals surface area contributed by atoms with E-state index < -0.39 is 0 Å². The van der Waals surface area contributed by atoms with E-state index in [1.807, 2.05) is 13.8 Å². The maximum Gasteiger partial charge on any atom is 0.230 e. The van der Waals surface area contributed by atoms with Gasteiger partial charge in [-0.3, -0.25) is 14.5 Å². The first-order valence-corrected chi connectivity index (χ1v) is 6.99. The van der Waals surface area contributed by atoms with Gasteiger partial charge in [0.15, 0.2) is 0 Å². The molecular formula is C14H24N2O2. The number of nitrogens with zero attached hydrogens (tertiary/aromatic N) is 1. The Bertz CT molecular complexity index is 326. The summed E-state index contributed by atoms with van der Waals surface area (Å²) in [6, 6.07) is -0.0661. The van der Waals surface area contributed by atoms with Crippen LogP contribution in [-0.4, -0.2) is 29.3 Å². The Balaban J connectivity index is 2.15. The van der Waals surface area contributed by atoms with Crippen LogP contribution in [-0.2, 0) is 9.59 Å². The van der Waals surface area contributed by atoms with Gasteiger partial charge >= 0.3 is 0 Å². The van der Waals surface area contributed by atoms with Crippen molar-refractivity contribution in [2.75, 3.05) is 6.54 Å². The molecule has 1 atom stereocenters. The summed E-state index contributed by atoms with van der Waals surface area (Å²) in [6.45, 7) is 4.36. The van der Waals surface area contributed by atoms with E-state index >= 15 is 0 Å². The van der Waals surface area contributed by atoms with Crippen LogP contribution < -0.4 is 5.73 Å². The molecule has 2 fully saturated rings. The van der Waals surface area contributed by atoms with Crippen LogP contribution in [0.4, 0.5) is 0 Å². The topological polar surface area (TPSA) is 63.4 Å². The highest BCUT2D eigenvalue weighted by atomic mass is 16.2. The van der Waals surface area contributed by atoms with Crippen LogP contribution in [0.3, 0.4) is 0 Å². The number of imide groups is 1. The van der Waals surface area contributed by atoms with Gasteiger partial charge in [-0.05, 0) is 24.2 Å². The van der Waals surface area contributed by atoms with Crippen molar-refractivity contribution in [3.8, 4) is 0 Å². The van der Waals surface area contributed by atoms with Gasteiger partial charge in [-0.25, -0.2) is 0 Å². The number of carbonyl (C=O) groups excluding carboxylic acids is 2. The highest BCUT2D eigenvalue weighted by Gasteiger charge is 2.42. The normalized spacial score (nSPS) is 26.7. The summed E-state index contributed by atoms with van der Waals surface area (Å²) in [6.07, 6.45) is 5.51. The second-order valence-corrected chi connectivity index (χ2v) is 6.52. The fourth-order valence-electron chi connectivity index (χ4n) is 3.41. The van der Waals surface area contributed by atoms with E-state index in [4.69, 9.17) is 5.73 Å². The van der Waals surface area contributed by atoms with Gasteiger partial charge in [0.2, 0.25) is 11.8 Å². The van der Waals surface area contributed by atoms with Gasteiger partial charge in [-0.1, -0.05) is 26.7 Å². The molecule has 2 aliphatic rings. The van der Waals surface area contributed by atoms with Crippen molar-refractivity contribution in [2.45, 2.75) is 58.4 Å². The number of likely N-dealkylation sites (tertiary alicyclic amines) is 1. The molecule has 1 aliphatic heterocycles. The number of hydrogen-bond acceptors (Lipinski definition) is 3. The molecule has 0 aromatic carbocycles. The van der Waals surface area contributed by atoms with Gasteiger partial charge in [0.1, 0.15) is 0 Å². The van der Waals surface area contributed by atoms with Gasteiger partial charge in [-0.15, -0.1) is 0 Å². The van der Waals surface area contributed by atoms with E-state index in [9.17, 15) is 9.59 Å². The van der Waals surface area contributed by atoms with Gasteiger partial charge in [0.25, 0.3) is 0 Å². The summed E-state index contributed by atoms with van der Waals surface area (Å²) < 4.78 is 0. The Hall–Kier alpha value is -0.900. The van der Waals surface area contributed by atoms with Crippen molar-refractivity contribution in [3.05, 3.63) is 0 Å². The van der Waals surface area contributed by atoms with Crippen LogP contribution >= 0.6 is 0 Å². The van der Waals surface area contributed by atoms with Gasteiger partial charge < -0.3 is 5.73 Å². The lowest BCUT2D eigenvalue weighted by Crippen LogP contribution is -2.55. The zero-order valence-corrected chi connectivity index (χ0v) is 11.4. The first kappa shape index (κ1) is 13.5. The Kier molecular flexibility index (Phi) is 3.76. The van der Waals surface area contributed by atoms with E-state index in [0.29, 0.717) is 25.3 Å². The zero-order chi connectivity index (χ0) is 13.3. The highest BCUT2D eigenvalue weighted by Crippen LogP contribution is 2.36. The first-order chi connectivity index (χ1) is 8.44. The third-order valence-electron chi connectivity index (χ3n) is 4.31. The van der Waals surface area contributed by atoms with E-state index in [2.05, 4.69) is 0 Å². The van der Waals surface area contributed by atoms with Crippen molar-refractivity contribution in [3.63, 3.8) is 0 Å². The minimum atomic E-state index is -0.195. The predicted octanol–water partition coefficient (Wildman–Crippen LogP) is 1.68. The minimum Gasteiger partial charge on any atom is -0.328 e. The van der Waals surface area contributed by atoms with E-state index in [0.717, 1.165) is 12.8 Å². The molecule has 102 valence electrons. The Morgan fingerprint density at radius 1 is 1.22 bits per heavy atom. The number of carbonyl (C=O) groups is 2. The van der Waals surface area contributed by atoms with Crippen LogP contribution in [0, 0.1) is 11.3 Å². The molecule has 2 amide bonds. The number of hydrogen-bond donors (Lipinski definition) is 1. The fourth-order valence-corrected chi connectivity index (χ4v) is 3.41. The Labute approximate surface area is 109 Å². The van der Waals surface area contributed by atoms with Crippen LogP contribution in [0.15, 0.2) is 0 Å². The van der Waals surface area contributed by atoms with Crippen molar-refractivity contribution >= 4 is 11.8 Å². The molecule has 4 heteroatoms. The second kappa shape index (κ2) is 5.00. The molecular weight excluding hydrogens is 228 g/mol. The maximum absolute atomic E-state index is 12.2. The molecule has 4 nitrogen and oxygen atoms in total. The summed E-state index contributed by atoms with van der Waals surface area (Å²) in [7, 11) is 0. The third-order valence-corrected chi connectivity index (χ3v) is 4.31. The van der Waals surface area contributed by atoms with Crippen LogP contribution in [0.1, 0.15) is 52.4 Å². The van der Waals surface area contributed by atoms with Crippen molar-refractivity contribution in [1.29, 1.82) is 0 Å². The van der Waals surface area contributed by atoms with Gasteiger partial charge in [-0.2, -0.15) is 0 Å². The number of rotatable bonds is 3. The number of nitrogens with two attached hydrogens (primary N) is 1. The van der Waals surface area contributed by atoms with Gasteiger partial charge in [0, 0.05) is 19.4 Å². The summed E-state index contributed by atoms with van der Waals surface area (Å²) in [5.41, 5.74) is 5.63. The summed E-state index contributed by atoms with van der Waals surface area (Å²) >= 11 is 0. The first-order valence-electron chi connectivity index (χ1n) is 6.99. The lowest BCUT2D eigenvalue weighted by Gasteiger charge is -2.40. The van der Waals surface area contributed by atoms with Crippen LogP contribution in [0.25, 0.3) is 0 Å². The van der Waals surface area contributed by atoms with Crippen molar-refractivity contribution in [2.24, 2.45) is 17.1 Å². The molecule has 0 radical (unpaired) electrons. The van der Waals surface area contributed by atoms with Crippen LogP contribution in [0.5, 0.6) is 0 Å². The molecule has 1 saturated heterocycles. The quantitative estimate of drug-likeness (QED) is 0.777. The predicted molar refractivity (Wildman–Crippen MR) is 69.7 cm³/mol. The highest BCUT2D eigenvalue weighted by molar-refractivity contribution is 5.98. The average Bonchev–Trinajstić information content (AvgIpc) is 2.74. The third kappa shape index (κ3) is 2.58. The molecule has 2 N–H and O–H groups in total. The molecule has 2 rings (SSSR count). The standard InChI is InChI=1S/C14H24N2O2/c1-14(2)7-12(17)16(13(18)8-14)11(9-15)10-5-3-4-6-10/h10-11H,3-9,15H2,1-2H3. The SMILES string of the molecule is CC1(C)CC(=O)N(C(CN)C2CCCC2)C(=O)C1. The summed E-state index contributed by atoms with van der Waals surface area (Å²) in [5, 5.41) is 0. The smallest absolute Gasteiger partial charge is 0.230 e. The molecule has 1 aliphatic carbocycles. The lowest BCUT2D eigenvalue weighted by atomic mass is 9.80. The largest absolute Gasteiger partial charge is 0.328 e. The zero-order valence-electron chi connectivity index (χ0n) is 11.4. The lowest BCUT2D eigenvalue weighted by molar-refractivity contribution is -0.156. The number of amides is 2.